The molecular formula is C24H35NO5. The third kappa shape index (κ3) is 6.89. The molecule has 2 heterocycles. The molecule has 0 bridgehead atoms. The van der Waals surface area contributed by atoms with Crippen molar-refractivity contribution in [2.45, 2.75) is 70.6 Å². The van der Waals surface area contributed by atoms with Gasteiger partial charge in [0.1, 0.15) is 0 Å². The van der Waals surface area contributed by atoms with E-state index in [1.165, 1.54) is 5.56 Å². The number of ketones is 1. The van der Waals surface area contributed by atoms with Crippen LogP contribution in [0.1, 0.15) is 74.2 Å². The molecule has 6 heteroatoms. The first-order valence-corrected chi connectivity index (χ1v) is 11.4. The number of hydrogen-bond acceptors (Lipinski definition) is 6. The summed E-state index contributed by atoms with van der Waals surface area (Å²) < 4.78 is 16.5. The van der Waals surface area contributed by atoms with Gasteiger partial charge in [-0.25, -0.2) is 0 Å². The van der Waals surface area contributed by atoms with E-state index in [2.05, 4.69) is 17.0 Å². The monoisotopic (exact) mass is 417 g/mol. The first-order valence-electron chi connectivity index (χ1n) is 11.4. The van der Waals surface area contributed by atoms with E-state index in [-0.39, 0.29) is 17.5 Å². The molecule has 166 valence electrons. The van der Waals surface area contributed by atoms with Crippen LogP contribution in [0.15, 0.2) is 24.3 Å². The maximum atomic E-state index is 12.4. The quantitative estimate of drug-likeness (QED) is 0.307. The minimum absolute atomic E-state index is 0.127. The van der Waals surface area contributed by atoms with Crippen LogP contribution in [0.2, 0.25) is 0 Å². The Morgan fingerprint density at radius 2 is 1.60 bits per heavy atom. The molecule has 3 rings (SSSR count). The summed E-state index contributed by atoms with van der Waals surface area (Å²) in [5.41, 5.74) is 2.02. The van der Waals surface area contributed by atoms with Gasteiger partial charge in [-0.3, -0.25) is 14.5 Å². The summed E-state index contributed by atoms with van der Waals surface area (Å²) >= 11 is 0. The number of unbranched alkanes of at least 4 members (excludes halogenated alkanes) is 3. The molecule has 1 aromatic carbocycles. The second-order valence-corrected chi connectivity index (χ2v) is 8.22. The summed E-state index contributed by atoms with van der Waals surface area (Å²) in [5, 5.41) is 0. The van der Waals surface area contributed by atoms with Gasteiger partial charge < -0.3 is 14.2 Å². The van der Waals surface area contributed by atoms with Crippen LogP contribution < -0.4 is 0 Å². The Morgan fingerprint density at radius 3 is 2.23 bits per heavy atom. The zero-order chi connectivity index (χ0) is 21.2. The lowest BCUT2D eigenvalue weighted by molar-refractivity contribution is -0.185. The molecule has 0 unspecified atom stereocenters. The fourth-order valence-corrected chi connectivity index (χ4v) is 4.18. The number of likely N-dealkylation sites (tertiary alicyclic amines) is 1. The van der Waals surface area contributed by atoms with Gasteiger partial charge in [0.25, 0.3) is 0 Å². The van der Waals surface area contributed by atoms with Crippen molar-refractivity contribution in [2.24, 2.45) is 0 Å². The Kier molecular flexibility index (Phi) is 8.85. The molecule has 2 saturated heterocycles. The van der Waals surface area contributed by atoms with E-state index >= 15 is 0 Å². The molecule has 0 atom stereocenters. The van der Waals surface area contributed by atoms with Gasteiger partial charge in [-0.2, -0.15) is 0 Å². The number of carbonyl (C=O) groups excluding carboxylic acids is 2. The van der Waals surface area contributed by atoms with Crippen LogP contribution in [0, 0.1) is 0 Å². The maximum Gasteiger partial charge on any atom is 0.305 e. The minimum atomic E-state index is -0.328. The van der Waals surface area contributed by atoms with Gasteiger partial charge in [0.2, 0.25) is 0 Å². The number of rotatable bonds is 11. The SMILES string of the molecule is CCOC(=O)CCCCCCC(=O)c1ccc(CN2CCC3(CC2)OCCO3)cc1. The third-order valence-electron chi connectivity index (χ3n) is 5.95. The van der Waals surface area contributed by atoms with Gasteiger partial charge >= 0.3 is 5.97 Å². The molecule has 2 aliphatic heterocycles. The van der Waals surface area contributed by atoms with Gasteiger partial charge in [0.05, 0.1) is 19.8 Å². The molecule has 0 amide bonds. The lowest BCUT2D eigenvalue weighted by Crippen LogP contribution is -2.44. The molecule has 1 spiro atoms. The second kappa shape index (κ2) is 11.6. The summed E-state index contributed by atoms with van der Waals surface area (Å²) in [6.07, 6.45) is 6.49. The fraction of sp³-hybridized carbons (Fsp3) is 0.667. The van der Waals surface area contributed by atoms with Crippen LogP contribution in [-0.2, 0) is 25.5 Å². The van der Waals surface area contributed by atoms with E-state index in [0.29, 0.717) is 32.7 Å². The number of nitrogens with zero attached hydrogens (tertiary/aromatic N) is 1. The average Bonchev–Trinajstić information content (AvgIpc) is 3.21. The molecule has 0 N–H and O–H groups in total. The molecule has 30 heavy (non-hydrogen) atoms. The first kappa shape index (κ1) is 22.9. The van der Waals surface area contributed by atoms with Gasteiger partial charge in [0.15, 0.2) is 11.6 Å². The summed E-state index contributed by atoms with van der Waals surface area (Å²) in [6, 6.07) is 8.04. The van der Waals surface area contributed by atoms with Crippen LogP contribution >= 0.6 is 0 Å². The van der Waals surface area contributed by atoms with Crippen molar-refractivity contribution < 1.29 is 23.8 Å². The normalized spacial score (nSPS) is 18.6. The molecule has 2 fully saturated rings. The highest BCUT2D eigenvalue weighted by Gasteiger charge is 2.39. The standard InChI is InChI=1S/C24H35NO5/c1-2-28-23(27)8-6-4-3-5-7-22(26)21-11-9-20(10-12-21)19-25-15-13-24(14-16-25)29-17-18-30-24/h9-12H,2-8,13-19H2,1H3. The average molecular weight is 418 g/mol. The van der Waals surface area contributed by atoms with Crippen molar-refractivity contribution in [3.05, 3.63) is 35.4 Å². The van der Waals surface area contributed by atoms with E-state index in [1.807, 2.05) is 19.1 Å². The van der Waals surface area contributed by atoms with Gasteiger partial charge in [-0.1, -0.05) is 37.1 Å². The second-order valence-electron chi connectivity index (χ2n) is 8.22. The first-order chi connectivity index (χ1) is 14.6. The third-order valence-corrected chi connectivity index (χ3v) is 5.95. The van der Waals surface area contributed by atoms with Gasteiger partial charge in [-0.05, 0) is 25.3 Å². The fourth-order valence-electron chi connectivity index (χ4n) is 4.18. The number of benzene rings is 1. The van der Waals surface area contributed by atoms with E-state index in [4.69, 9.17) is 14.2 Å². The Bertz CT molecular complexity index is 671. The van der Waals surface area contributed by atoms with Crippen LogP contribution in [0.3, 0.4) is 0 Å². The molecule has 1 aromatic rings. The Morgan fingerprint density at radius 1 is 0.967 bits per heavy atom. The van der Waals surface area contributed by atoms with E-state index in [0.717, 1.165) is 63.7 Å². The predicted molar refractivity (Wildman–Crippen MR) is 114 cm³/mol. The largest absolute Gasteiger partial charge is 0.466 e. The van der Waals surface area contributed by atoms with Crippen molar-refractivity contribution in [2.75, 3.05) is 32.9 Å². The number of ether oxygens (including phenoxy) is 3. The summed E-state index contributed by atoms with van der Waals surface area (Å²) in [4.78, 5) is 26.1. The highest BCUT2D eigenvalue weighted by molar-refractivity contribution is 5.96. The Hall–Kier alpha value is -1.76. The topological polar surface area (TPSA) is 65.1 Å². The van der Waals surface area contributed by atoms with Crippen LogP contribution in [0.25, 0.3) is 0 Å². The maximum absolute atomic E-state index is 12.4. The smallest absolute Gasteiger partial charge is 0.305 e. The highest BCUT2D eigenvalue weighted by atomic mass is 16.7. The minimum Gasteiger partial charge on any atom is -0.466 e. The van der Waals surface area contributed by atoms with E-state index in [1.54, 1.807) is 0 Å². The Labute approximate surface area is 179 Å². The number of esters is 1. The van der Waals surface area contributed by atoms with Crippen LogP contribution in [0.4, 0.5) is 0 Å². The number of piperidine rings is 1. The van der Waals surface area contributed by atoms with E-state index in [9.17, 15) is 9.59 Å². The molecule has 0 aromatic heterocycles. The molecule has 0 saturated carbocycles. The molecule has 0 aliphatic carbocycles. The van der Waals surface area contributed by atoms with Crippen molar-refractivity contribution in [3.8, 4) is 0 Å². The Balaban J connectivity index is 1.32. The lowest BCUT2D eigenvalue weighted by atomic mass is 10.0. The number of Topliss-reactive ketones (excluding diaryl/α,β-unsaturated/α-hetero) is 1. The number of hydrogen-bond donors (Lipinski definition) is 0. The summed E-state index contributed by atoms with van der Waals surface area (Å²) in [7, 11) is 0. The number of carbonyl (C=O) groups is 2. The summed E-state index contributed by atoms with van der Waals surface area (Å²) in [6.45, 7) is 6.51. The van der Waals surface area contributed by atoms with Gasteiger partial charge in [-0.15, -0.1) is 0 Å². The van der Waals surface area contributed by atoms with Crippen LogP contribution in [0.5, 0.6) is 0 Å². The van der Waals surface area contributed by atoms with E-state index < -0.39 is 0 Å². The zero-order valence-corrected chi connectivity index (χ0v) is 18.2. The zero-order valence-electron chi connectivity index (χ0n) is 18.2. The van der Waals surface area contributed by atoms with Crippen molar-refractivity contribution >= 4 is 11.8 Å². The predicted octanol–water partition coefficient (Wildman–Crippen LogP) is 4.11. The van der Waals surface area contributed by atoms with Crippen molar-refractivity contribution in [3.63, 3.8) is 0 Å². The van der Waals surface area contributed by atoms with Crippen molar-refractivity contribution in [1.82, 2.24) is 4.90 Å². The molecule has 6 nitrogen and oxygen atoms in total. The highest BCUT2D eigenvalue weighted by Crippen LogP contribution is 2.31. The molecule has 2 aliphatic rings. The molecule has 0 radical (unpaired) electrons. The van der Waals surface area contributed by atoms with Gasteiger partial charge in [0, 0.05) is 50.9 Å². The van der Waals surface area contributed by atoms with Crippen LogP contribution in [-0.4, -0.2) is 55.3 Å². The molecular weight excluding hydrogens is 382 g/mol. The summed E-state index contributed by atoms with van der Waals surface area (Å²) in [5.74, 6) is -0.258. The van der Waals surface area contributed by atoms with Crippen molar-refractivity contribution in [1.29, 1.82) is 0 Å². The lowest BCUT2D eigenvalue weighted by Gasteiger charge is -2.37.